The first-order chi connectivity index (χ1) is 14.2. The predicted octanol–water partition coefficient (Wildman–Crippen LogP) is 4.22. The summed E-state index contributed by atoms with van der Waals surface area (Å²) in [7, 11) is 0. The van der Waals surface area contributed by atoms with Crippen LogP contribution in [-0.4, -0.2) is 55.7 Å². The molecule has 1 aromatic carbocycles. The van der Waals surface area contributed by atoms with E-state index in [9.17, 15) is 0 Å². The van der Waals surface area contributed by atoms with Crippen molar-refractivity contribution in [1.29, 1.82) is 0 Å². The highest BCUT2D eigenvalue weighted by Crippen LogP contribution is 2.29. The molecule has 0 bridgehead atoms. The second kappa shape index (κ2) is 11.6. The number of anilines is 1. The topological polar surface area (TPSA) is 42.9 Å². The number of likely N-dealkylation sites (tertiary alicyclic amines) is 1. The Morgan fingerprint density at radius 2 is 1.63 bits per heavy atom. The molecule has 168 valence electrons. The van der Waals surface area contributed by atoms with Gasteiger partial charge < -0.3 is 20.4 Å². The van der Waals surface area contributed by atoms with Gasteiger partial charge in [-0.05, 0) is 69.1 Å². The summed E-state index contributed by atoms with van der Waals surface area (Å²) in [5, 5.41) is 7.11. The highest BCUT2D eigenvalue weighted by Gasteiger charge is 2.31. The SMILES string of the molecule is CCNC(=NCc1ccc(N2CCC(C)CC2)cc1)NC1CCN(C2CC2)CC1.I. The van der Waals surface area contributed by atoms with E-state index in [2.05, 4.69) is 58.5 Å². The van der Waals surface area contributed by atoms with Crippen molar-refractivity contribution < 1.29 is 0 Å². The van der Waals surface area contributed by atoms with Gasteiger partial charge in [-0.2, -0.15) is 0 Å². The Morgan fingerprint density at radius 3 is 2.23 bits per heavy atom. The molecule has 3 aliphatic rings. The highest BCUT2D eigenvalue weighted by atomic mass is 127. The van der Waals surface area contributed by atoms with Crippen LogP contribution in [0.4, 0.5) is 5.69 Å². The number of rotatable bonds is 6. The average molecular weight is 526 g/mol. The van der Waals surface area contributed by atoms with Crippen molar-refractivity contribution in [3.8, 4) is 0 Å². The van der Waals surface area contributed by atoms with Crippen LogP contribution < -0.4 is 15.5 Å². The summed E-state index contributed by atoms with van der Waals surface area (Å²) < 4.78 is 0. The highest BCUT2D eigenvalue weighted by molar-refractivity contribution is 14.0. The zero-order valence-electron chi connectivity index (χ0n) is 18.8. The van der Waals surface area contributed by atoms with Gasteiger partial charge in [0.25, 0.3) is 0 Å². The third-order valence-corrected chi connectivity index (χ3v) is 6.78. The van der Waals surface area contributed by atoms with E-state index >= 15 is 0 Å². The molecule has 0 radical (unpaired) electrons. The van der Waals surface area contributed by atoms with Crippen LogP contribution in [0.15, 0.2) is 29.3 Å². The monoisotopic (exact) mass is 525 g/mol. The minimum absolute atomic E-state index is 0. The van der Waals surface area contributed by atoms with Gasteiger partial charge in [0.05, 0.1) is 6.54 Å². The summed E-state index contributed by atoms with van der Waals surface area (Å²) in [5.74, 6) is 1.84. The lowest BCUT2D eigenvalue weighted by Crippen LogP contribution is -2.49. The smallest absolute Gasteiger partial charge is 0.191 e. The summed E-state index contributed by atoms with van der Waals surface area (Å²) in [4.78, 5) is 10.1. The van der Waals surface area contributed by atoms with Crippen LogP contribution in [0.25, 0.3) is 0 Å². The number of benzene rings is 1. The largest absolute Gasteiger partial charge is 0.372 e. The summed E-state index contributed by atoms with van der Waals surface area (Å²) >= 11 is 0. The van der Waals surface area contributed by atoms with Gasteiger partial charge in [0, 0.05) is 50.5 Å². The van der Waals surface area contributed by atoms with Crippen LogP contribution in [0.5, 0.6) is 0 Å². The second-order valence-corrected chi connectivity index (χ2v) is 9.22. The molecule has 0 aromatic heterocycles. The normalized spacial score (nSPS) is 21.9. The van der Waals surface area contributed by atoms with Crippen molar-refractivity contribution in [2.75, 3.05) is 37.6 Å². The fourth-order valence-corrected chi connectivity index (χ4v) is 4.61. The van der Waals surface area contributed by atoms with Crippen LogP contribution in [0, 0.1) is 5.92 Å². The van der Waals surface area contributed by atoms with E-state index in [0.29, 0.717) is 6.04 Å². The van der Waals surface area contributed by atoms with E-state index in [1.807, 2.05) is 0 Å². The number of hydrogen-bond donors (Lipinski definition) is 2. The number of halogens is 1. The van der Waals surface area contributed by atoms with Crippen molar-refractivity contribution in [2.24, 2.45) is 10.9 Å². The number of piperidine rings is 2. The van der Waals surface area contributed by atoms with Gasteiger partial charge in [-0.3, -0.25) is 0 Å². The number of aliphatic imine (C=N–C) groups is 1. The first-order valence-electron chi connectivity index (χ1n) is 11.8. The summed E-state index contributed by atoms with van der Waals surface area (Å²) in [5.41, 5.74) is 2.64. The average Bonchev–Trinajstić information content (AvgIpc) is 3.59. The Labute approximate surface area is 200 Å². The van der Waals surface area contributed by atoms with Gasteiger partial charge >= 0.3 is 0 Å². The molecule has 2 aliphatic heterocycles. The molecule has 5 nitrogen and oxygen atoms in total. The maximum absolute atomic E-state index is 4.86. The maximum atomic E-state index is 4.86. The van der Waals surface area contributed by atoms with Gasteiger partial charge in [0.2, 0.25) is 0 Å². The van der Waals surface area contributed by atoms with E-state index in [0.717, 1.165) is 31.0 Å². The van der Waals surface area contributed by atoms with E-state index in [1.165, 1.54) is 76.0 Å². The zero-order valence-corrected chi connectivity index (χ0v) is 21.1. The molecule has 2 saturated heterocycles. The van der Waals surface area contributed by atoms with Gasteiger partial charge in [0.15, 0.2) is 5.96 Å². The lowest BCUT2D eigenvalue weighted by molar-refractivity contribution is 0.197. The molecule has 0 spiro atoms. The zero-order chi connectivity index (χ0) is 20.1. The van der Waals surface area contributed by atoms with Crippen molar-refractivity contribution >= 4 is 35.6 Å². The quantitative estimate of drug-likeness (QED) is 0.332. The Kier molecular flexibility index (Phi) is 9.11. The van der Waals surface area contributed by atoms with Gasteiger partial charge in [-0.25, -0.2) is 4.99 Å². The number of guanidine groups is 1. The molecule has 1 aliphatic carbocycles. The number of nitrogens with zero attached hydrogens (tertiary/aromatic N) is 3. The molecule has 6 heteroatoms. The molecular formula is C24H40IN5. The first-order valence-corrected chi connectivity index (χ1v) is 11.8. The Morgan fingerprint density at radius 1 is 0.967 bits per heavy atom. The molecule has 0 atom stereocenters. The maximum Gasteiger partial charge on any atom is 0.191 e. The third kappa shape index (κ3) is 6.74. The lowest BCUT2D eigenvalue weighted by Gasteiger charge is -2.33. The molecule has 3 fully saturated rings. The Bertz CT molecular complexity index is 657. The molecule has 0 unspecified atom stereocenters. The molecular weight excluding hydrogens is 485 g/mol. The minimum atomic E-state index is 0. The van der Waals surface area contributed by atoms with Crippen molar-refractivity contribution in [3.63, 3.8) is 0 Å². The fourth-order valence-electron chi connectivity index (χ4n) is 4.61. The third-order valence-electron chi connectivity index (χ3n) is 6.78. The number of hydrogen-bond acceptors (Lipinski definition) is 3. The lowest BCUT2D eigenvalue weighted by atomic mass is 9.99. The number of nitrogens with one attached hydrogen (secondary N) is 2. The van der Waals surface area contributed by atoms with E-state index < -0.39 is 0 Å². The van der Waals surface area contributed by atoms with Gasteiger partial charge in [-0.1, -0.05) is 19.1 Å². The summed E-state index contributed by atoms with van der Waals surface area (Å²) in [6.45, 7) is 11.0. The standard InChI is InChI=1S/C24H39N5.HI/c1-3-25-24(27-21-12-16-29(17-13-21)23-8-9-23)26-18-20-4-6-22(7-5-20)28-14-10-19(2)11-15-28;/h4-7,19,21,23H,3,8-18H2,1-2H3,(H2,25,26,27);1H. The molecule has 30 heavy (non-hydrogen) atoms. The fraction of sp³-hybridized carbons (Fsp3) is 0.708. The molecule has 2 heterocycles. The van der Waals surface area contributed by atoms with Crippen LogP contribution in [-0.2, 0) is 6.54 Å². The van der Waals surface area contributed by atoms with E-state index in [1.54, 1.807) is 0 Å². The molecule has 4 rings (SSSR count). The van der Waals surface area contributed by atoms with Crippen LogP contribution in [0.3, 0.4) is 0 Å². The Balaban J connectivity index is 0.00000256. The first kappa shape index (κ1) is 23.6. The molecule has 1 aromatic rings. The van der Waals surface area contributed by atoms with Crippen LogP contribution in [0.1, 0.15) is 57.9 Å². The van der Waals surface area contributed by atoms with Crippen LogP contribution >= 0.6 is 24.0 Å². The van der Waals surface area contributed by atoms with E-state index in [4.69, 9.17) is 4.99 Å². The molecule has 1 saturated carbocycles. The Hall–Kier alpha value is -1.02. The van der Waals surface area contributed by atoms with Crippen molar-refractivity contribution in [3.05, 3.63) is 29.8 Å². The minimum Gasteiger partial charge on any atom is -0.372 e. The van der Waals surface area contributed by atoms with Crippen molar-refractivity contribution in [2.45, 2.75) is 71.0 Å². The molecule has 2 N–H and O–H groups in total. The van der Waals surface area contributed by atoms with Gasteiger partial charge in [0.1, 0.15) is 0 Å². The van der Waals surface area contributed by atoms with E-state index in [-0.39, 0.29) is 24.0 Å². The van der Waals surface area contributed by atoms with Crippen LogP contribution in [0.2, 0.25) is 0 Å². The van der Waals surface area contributed by atoms with Crippen molar-refractivity contribution in [1.82, 2.24) is 15.5 Å². The second-order valence-electron chi connectivity index (χ2n) is 9.22. The molecule has 0 amide bonds. The summed E-state index contributed by atoms with van der Waals surface area (Å²) in [6, 6.07) is 10.5. The summed E-state index contributed by atoms with van der Waals surface area (Å²) in [6.07, 6.45) is 7.90. The predicted molar refractivity (Wildman–Crippen MR) is 138 cm³/mol. The van der Waals surface area contributed by atoms with Gasteiger partial charge in [-0.15, -0.1) is 24.0 Å².